The maximum Gasteiger partial charge on any atom is 0.0593 e. The van der Waals surface area contributed by atoms with Crippen LogP contribution in [0, 0.1) is 5.92 Å². The zero-order valence-electron chi connectivity index (χ0n) is 10.0. The third-order valence-corrected chi connectivity index (χ3v) is 4.34. The summed E-state index contributed by atoms with van der Waals surface area (Å²) in [7, 11) is 0. The molecule has 0 radical (unpaired) electrons. The minimum absolute atomic E-state index is 0.668. The predicted molar refractivity (Wildman–Crippen MR) is 68.7 cm³/mol. The van der Waals surface area contributed by atoms with E-state index in [0.717, 1.165) is 25.7 Å². The normalized spacial score (nSPS) is 28.2. The van der Waals surface area contributed by atoms with E-state index in [2.05, 4.69) is 34.7 Å². The molecule has 0 bridgehead atoms. The fourth-order valence-corrected chi connectivity index (χ4v) is 2.50. The summed E-state index contributed by atoms with van der Waals surface area (Å²) in [4.78, 5) is 3.17. The van der Waals surface area contributed by atoms with Crippen molar-refractivity contribution in [2.45, 2.75) is 37.9 Å². The second-order valence-electron chi connectivity index (χ2n) is 4.55. The largest absolute Gasteiger partial charge is 0.380 e. The van der Waals surface area contributed by atoms with Gasteiger partial charge < -0.3 is 4.74 Å². The van der Waals surface area contributed by atoms with Crippen LogP contribution in [0.5, 0.6) is 0 Å². The standard InChI is InChI=1S/C12H24BrNO/c1-3-4-8-15-9-7-14-6-5-11(2)12(13)10-14/h11-12H,3-10H2,1-2H3. The zero-order valence-corrected chi connectivity index (χ0v) is 11.6. The lowest BCUT2D eigenvalue weighted by Gasteiger charge is -2.34. The number of hydrogen-bond donors (Lipinski definition) is 0. The Morgan fingerprint density at radius 1 is 1.40 bits per heavy atom. The molecule has 0 aromatic rings. The van der Waals surface area contributed by atoms with E-state index < -0.39 is 0 Å². The van der Waals surface area contributed by atoms with Crippen LogP contribution in [0.25, 0.3) is 0 Å². The van der Waals surface area contributed by atoms with Gasteiger partial charge in [-0.05, 0) is 25.3 Å². The Morgan fingerprint density at radius 3 is 2.87 bits per heavy atom. The lowest BCUT2D eigenvalue weighted by molar-refractivity contribution is 0.0904. The first-order chi connectivity index (χ1) is 7.24. The Bertz CT molecular complexity index is 166. The summed E-state index contributed by atoms with van der Waals surface area (Å²) >= 11 is 3.75. The van der Waals surface area contributed by atoms with Crippen molar-refractivity contribution in [2.24, 2.45) is 5.92 Å². The van der Waals surface area contributed by atoms with E-state index in [9.17, 15) is 0 Å². The fraction of sp³-hybridized carbons (Fsp3) is 1.00. The van der Waals surface area contributed by atoms with E-state index in [1.165, 1.54) is 32.4 Å². The molecule has 1 fully saturated rings. The summed E-state index contributed by atoms with van der Waals surface area (Å²) < 4.78 is 5.58. The van der Waals surface area contributed by atoms with Crippen molar-refractivity contribution in [3.05, 3.63) is 0 Å². The van der Waals surface area contributed by atoms with E-state index in [4.69, 9.17) is 4.74 Å². The SMILES string of the molecule is CCCCOCCN1CCC(C)C(Br)C1. The number of piperidine rings is 1. The molecule has 0 spiro atoms. The monoisotopic (exact) mass is 277 g/mol. The van der Waals surface area contributed by atoms with Crippen molar-refractivity contribution in [2.75, 3.05) is 32.8 Å². The first kappa shape index (κ1) is 13.5. The molecule has 0 amide bonds. The van der Waals surface area contributed by atoms with Gasteiger partial charge in [-0.1, -0.05) is 36.2 Å². The van der Waals surface area contributed by atoms with E-state index >= 15 is 0 Å². The third-order valence-electron chi connectivity index (χ3n) is 3.14. The predicted octanol–water partition coefficient (Wildman–Crippen LogP) is 2.91. The van der Waals surface area contributed by atoms with Crippen LogP contribution in [0.2, 0.25) is 0 Å². The van der Waals surface area contributed by atoms with Crippen LogP contribution in [0.1, 0.15) is 33.1 Å². The van der Waals surface area contributed by atoms with Gasteiger partial charge in [0.1, 0.15) is 0 Å². The smallest absolute Gasteiger partial charge is 0.0593 e. The van der Waals surface area contributed by atoms with E-state index in [1.54, 1.807) is 0 Å². The van der Waals surface area contributed by atoms with Gasteiger partial charge in [0.2, 0.25) is 0 Å². The van der Waals surface area contributed by atoms with Gasteiger partial charge in [0.25, 0.3) is 0 Å². The molecular formula is C12H24BrNO. The number of ether oxygens (including phenoxy) is 1. The van der Waals surface area contributed by atoms with Crippen molar-refractivity contribution in [3.63, 3.8) is 0 Å². The Balaban J connectivity index is 2.02. The van der Waals surface area contributed by atoms with Crippen molar-refractivity contribution < 1.29 is 4.74 Å². The topological polar surface area (TPSA) is 12.5 Å². The second-order valence-corrected chi connectivity index (χ2v) is 5.72. The van der Waals surface area contributed by atoms with Crippen LogP contribution in [0.3, 0.4) is 0 Å². The summed E-state index contributed by atoms with van der Waals surface area (Å²) in [6.45, 7) is 9.86. The van der Waals surface area contributed by atoms with Gasteiger partial charge in [-0.2, -0.15) is 0 Å². The van der Waals surface area contributed by atoms with Crippen LogP contribution in [0.4, 0.5) is 0 Å². The fourth-order valence-electron chi connectivity index (χ4n) is 1.83. The number of unbranched alkanes of at least 4 members (excludes halogenated alkanes) is 1. The Hall–Kier alpha value is 0.400. The number of halogens is 1. The first-order valence-electron chi connectivity index (χ1n) is 6.18. The van der Waals surface area contributed by atoms with Crippen LogP contribution in [-0.4, -0.2) is 42.6 Å². The lowest BCUT2D eigenvalue weighted by Crippen LogP contribution is -2.41. The van der Waals surface area contributed by atoms with E-state index in [0.29, 0.717) is 4.83 Å². The summed E-state index contributed by atoms with van der Waals surface area (Å²) in [6.07, 6.45) is 3.73. The summed E-state index contributed by atoms with van der Waals surface area (Å²) in [5, 5.41) is 0. The second kappa shape index (κ2) is 7.64. The molecule has 1 heterocycles. The van der Waals surface area contributed by atoms with Crippen LogP contribution < -0.4 is 0 Å². The highest BCUT2D eigenvalue weighted by atomic mass is 79.9. The minimum atomic E-state index is 0.668. The minimum Gasteiger partial charge on any atom is -0.380 e. The van der Waals surface area contributed by atoms with Crippen molar-refractivity contribution in [1.29, 1.82) is 0 Å². The summed E-state index contributed by atoms with van der Waals surface area (Å²) in [5.41, 5.74) is 0. The van der Waals surface area contributed by atoms with Gasteiger partial charge in [0.15, 0.2) is 0 Å². The average Bonchev–Trinajstić information content (AvgIpc) is 2.23. The molecule has 2 unspecified atom stereocenters. The highest BCUT2D eigenvalue weighted by Gasteiger charge is 2.23. The maximum absolute atomic E-state index is 5.58. The summed E-state index contributed by atoms with van der Waals surface area (Å²) in [5.74, 6) is 0.822. The molecule has 0 aromatic carbocycles. The molecule has 90 valence electrons. The Kier molecular flexibility index (Phi) is 6.86. The molecule has 2 atom stereocenters. The quantitative estimate of drug-likeness (QED) is 0.547. The molecule has 0 N–H and O–H groups in total. The van der Waals surface area contributed by atoms with Gasteiger partial charge in [0, 0.05) is 24.5 Å². The maximum atomic E-state index is 5.58. The van der Waals surface area contributed by atoms with Crippen LogP contribution >= 0.6 is 15.9 Å². The zero-order chi connectivity index (χ0) is 11.1. The highest BCUT2D eigenvalue weighted by molar-refractivity contribution is 9.09. The van der Waals surface area contributed by atoms with Gasteiger partial charge >= 0.3 is 0 Å². The first-order valence-corrected chi connectivity index (χ1v) is 7.09. The van der Waals surface area contributed by atoms with Crippen LogP contribution in [0.15, 0.2) is 0 Å². The van der Waals surface area contributed by atoms with Crippen LogP contribution in [-0.2, 0) is 4.74 Å². The lowest BCUT2D eigenvalue weighted by atomic mass is 9.99. The highest BCUT2D eigenvalue weighted by Crippen LogP contribution is 2.22. The Labute approximate surface area is 102 Å². The van der Waals surface area contributed by atoms with Gasteiger partial charge in [-0.25, -0.2) is 0 Å². The Morgan fingerprint density at radius 2 is 2.20 bits per heavy atom. The van der Waals surface area contributed by atoms with Gasteiger partial charge in [0.05, 0.1) is 6.61 Å². The molecule has 0 aromatic heterocycles. The number of alkyl halides is 1. The average molecular weight is 278 g/mol. The van der Waals surface area contributed by atoms with E-state index in [1.807, 2.05) is 0 Å². The number of hydrogen-bond acceptors (Lipinski definition) is 2. The number of rotatable bonds is 6. The third kappa shape index (κ3) is 5.32. The number of likely N-dealkylation sites (tertiary alicyclic amines) is 1. The molecule has 3 heteroatoms. The molecule has 0 saturated carbocycles. The molecular weight excluding hydrogens is 254 g/mol. The number of nitrogens with zero attached hydrogens (tertiary/aromatic N) is 1. The molecule has 15 heavy (non-hydrogen) atoms. The van der Waals surface area contributed by atoms with E-state index in [-0.39, 0.29) is 0 Å². The molecule has 1 aliphatic heterocycles. The molecule has 1 aliphatic rings. The van der Waals surface area contributed by atoms with Crippen molar-refractivity contribution in [3.8, 4) is 0 Å². The molecule has 1 rings (SSSR count). The summed E-state index contributed by atoms with van der Waals surface area (Å²) in [6, 6.07) is 0. The van der Waals surface area contributed by atoms with Crippen molar-refractivity contribution >= 4 is 15.9 Å². The molecule has 0 aliphatic carbocycles. The van der Waals surface area contributed by atoms with Gasteiger partial charge in [-0.15, -0.1) is 0 Å². The van der Waals surface area contributed by atoms with Crippen molar-refractivity contribution in [1.82, 2.24) is 4.90 Å². The van der Waals surface area contributed by atoms with Gasteiger partial charge in [-0.3, -0.25) is 4.90 Å². The molecule has 1 saturated heterocycles. The molecule has 2 nitrogen and oxygen atoms in total.